The van der Waals surface area contributed by atoms with E-state index >= 15 is 0 Å². The first-order valence-electron chi connectivity index (χ1n) is 12.6. The van der Waals surface area contributed by atoms with Crippen LogP contribution in [0.1, 0.15) is 48.8 Å². The molecule has 0 bridgehead atoms. The molecule has 2 aromatic carbocycles. The van der Waals surface area contributed by atoms with Gasteiger partial charge in [0, 0.05) is 37.1 Å². The quantitative estimate of drug-likeness (QED) is 0.384. The van der Waals surface area contributed by atoms with Gasteiger partial charge in [-0.05, 0) is 49.2 Å². The maximum Gasteiger partial charge on any atom is 0.208 e. The predicted octanol–water partition coefficient (Wildman–Crippen LogP) is 2.34. The molecular formula is C26H34N6O3S. The zero-order valence-electron chi connectivity index (χ0n) is 20.6. The third-order valence-electron chi connectivity index (χ3n) is 6.76. The Morgan fingerprint density at radius 2 is 1.78 bits per heavy atom. The number of hydrazone groups is 1. The first kappa shape index (κ1) is 24.8. The predicted molar refractivity (Wildman–Crippen MR) is 142 cm³/mol. The van der Waals surface area contributed by atoms with Crippen molar-refractivity contribution >= 4 is 21.4 Å². The van der Waals surface area contributed by atoms with Crippen molar-refractivity contribution in [1.29, 1.82) is 0 Å². The lowest BCUT2D eigenvalue weighted by atomic mass is 9.83. The number of hydrogen-bond donors (Lipinski definition) is 4. The van der Waals surface area contributed by atoms with Crippen molar-refractivity contribution in [3.05, 3.63) is 71.3 Å². The number of benzene rings is 2. The fourth-order valence-electron chi connectivity index (χ4n) is 4.86. The smallest absolute Gasteiger partial charge is 0.208 e. The zero-order chi connectivity index (χ0) is 25.0. The van der Waals surface area contributed by atoms with Crippen LogP contribution in [0.3, 0.4) is 0 Å². The lowest BCUT2D eigenvalue weighted by Crippen LogP contribution is -2.46. The van der Waals surface area contributed by atoms with Gasteiger partial charge in [0.15, 0.2) is 5.84 Å². The number of hydrazine groups is 2. The molecule has 0 radical (unpaired) electrons. The van der Waals surface area contributed by atoms with Gasteiger partial charge in [0.05, 0.1) is 6.26 Å². The summed E-state index contributed by atoms with van der Waals surface area (Å²) in [4.78, 5) is 0. The Balaban J connectivity index is 1.20. The topological polar surface area (TPSA) is 107 Å². The number of nitrogens with zero attached hydrogens (tertiary/aromatic N) is 2. The van der Waals surface area contributed by atoms with E-state index in [0.29, 0.717) is 6.54 Å². The van der Waals surface area contributed by atoms with E-state index in [-0.39, 0.29) is 5.60 Å². The summed E-state index contributed by atoms with van der Waals surface area (Å²) in [5, 5.41) is 9.72. The van der Waals surface area contributed by atoms with Crippen LogP contribution in [-0.2, 0) is 10.0 Å². The lowest BCUT2D eigenvalue weighted by Gasteiger charge is -2.40. The van der Waals surface area contributed by atoms with E-state index in [1.54, 1.807) is 0 Å². The Bertz CT molecular complexity index is 1240. The normalized spacial score (nSPS) is 19.0. The first-order chi connectivity index (χ1) is 17.4. The molecule has 1 fully saturated rings. The van der Waals surface area contributed by atoms with Gasteiger partial charge in [-0.1, -0.05) is 48.9 Å². The van der Waals surface area contributed by atoms with Crippen molar-refractivity contribution in [3.63, 3.8) is 0 Å². The summed E-state index contributed by atoms with van der Waals surface area (Å²) in [6.45, 7) is 3.14. The number of rotatable bonds is 9. The van der Waals surface area contributed by atoms with E-state index < -0.39 is 10.0 Å². The Kier molecular flexibility index (Phi) is 7.29. The van der Waals surface area contributed by atoms with Crippen molar-refractivity contribution in [1.82, 2.24) is 26.1 Å². The van der Waals surface area contributed by atoms with E-state index in [1.807, 2.05) is 11.2 Å². The molecule has 1 spiro atoms. The Labute approximate surface area is 213 Å². The minimum atomic E-state index is -3.11. The summed E-state index contributed by atoms with van der Waals surface area (Å²) < 4.78 is 31.3. The second kappa shape index (κ2) is 10.6. The Morgan fingerprint density at radius 1 is 1.03 bits per heavy atom. The molecule has 2 aromatic rings. The average Bonchev–Trinajstić information content (AvgIpc) is 3.34. The molecule has 0 aromatic heterocycles. The molecule has 3 heterocycles. The molecule has 5 rings (SSSR count). The summed E-state index contributed by atoms with van der Waals surface area (Å²) in [6, 6.07) is 16.8. The SMILES string of the molecule is CS(=O)(=O)NCCCCCN1NN=C(c2ccc(C3=CC4(CCNCC4)Oc4ccccc43)cc2)N1. The molecule has 3 aliphatic rings. The largest absolute Gasteiger partial charge is 0.482 e. The van der Waals surface area contributed by atoms with Crippen LogP contribution >= 0.6 is 0 Å². The van der Waals surface area contributed by atoms with Crippen LogP contribution in [0.25, 0.3) is 5.57 Å². The highest BCUT2D eigenvalue weighted by Crippen LogP contribution is 2.42. The van der Waals surface area contributed by atoms with Crippen molar-refractivity contribution in [2.75, 3.05) is 32.4 Å². The van der Waals surface area contributed by atoms with Crippen molar-refractivity contribution in [2.45, 2.75) is 37.7 Å². The van der Waals surface area contributed by atoms with E-state index in [1.165, 1.54) is 17.4 Å². The molecule has 0 atom stereocenters. The number of amidine groups is 1. The Hall–Kier alpha value is -2.92. The molecule has 0 aliphatic carbocycles. The minimum absolute atomic E-state index is 0.254. The molecule has 9 nitrogen and oxygen atoms in total. The molecule has 4 N–H and O–H groups in total. The fraction of sp³-hybridized carbons (Fsp3) is 0.423. The number of piperidine rings is 1. The molecule has 36 heavy (non-hydrogen) atoms. The van der Waals surface area contributed by atoms with E-state index in [4.69, 9.17) is 4.74 Å². The zero-order valence-corrected chi connectivity index (χ0v) is 21.4. The van der Waals surface area contributed by atoms with Gasteiger partial charge in [0.25, 0.3) is 0 Å². The third-order valence-corrected chi connectivity index (χ3v) is 7.49. The second-order valence-electron chi connectivity index (χ2n) is 9.60. The number of sulfonamides is 1. The van der Waals surface area contributed by atoms with E-state index in [9.17, 15) is 8.42 Å². The van der Waals surface area contributed by atoms with Crippen LogP contribution in [0, 0.1) is 0 Å². The molecule has 0 unspecified atom stereocenters. The van der Waals surface area contributed by atoms with E-state index in [0.717, 1.165) is 74.5 Å². The summed E-state index contributed by atoms with van der Waals surface area (Å²) in [6.07, 6.45) is 8.06. The van der Waals surface area contributed by atoms with Crippen molar-refractivity contribution in [3.8, 4) is 5.75 Å². The van der Waals surface area contributed by atoms with Crippen LogP contribution < -0.4 is 25.7 Å². The van der Waals surface area contributed by atoms with E-state index in [2.05, 4.69) is 74.6 Å². The van der Waals surface area contributed by atoms with Crippen LogP contribution in [0.2, 0.25) is 0 Å². The Morgan fingerprint density at radius 3 is 2.56 bits per heavy atom. The minimum Gasteiger partial charge on any atom is -0.482 e. The maximum atomic E-state index is 11.1. The highest BCUT2D eigenvalue weighted by Gasteiger charge is 2.37. The van der Waals surface area contributed by atoms with Crippen LogP contribution in [-0.4, -0.2) is 57.4 Å². The lowest BCUT2D eigenvalue weighted by molar-refractivity contribution is 0.0817. The molecular weight excluding hydrogens is 476 g/mol. The number of hydrogen-bond acceptors (Lipinski definition) is 8. The first-order valence-corrected chi connectivity index (χ1v) is 14.4. The van der Waals surface area contributed by atoms with Gasteiger partial charge in [-0.2, -0.15) is 0 Å². The highest BCUT2D eigenvalue weighted by atomic mass is 32.2. The molecule has 192 valence electrons. The van der Waals surface area contributed by atoms with Gasteiger partial charge >= 0.3 is 0 Å². The second-order valence-corrected chi connectivity index (χ2v) is 11.4. The monoisotopic (exact) mass is 510 g/mol. The molecule has 0 saturated carbocycles. The van der Waals surface area contributed by atoms with Gasteiger partial charge in [-0.15, -0.1) is 10.2 Å². The average molecular weight is 511 g/mol. The molecule has 10 heteroatoms. The third kappa shape index (κ3) is 5.89. The number of ether oxygens (including phenoxy) is 1. The standard InChI is InChI=1S/C26H34N6O3S/c1-36(33,34)28-15-5-2-6-18-32-30-25(29-31-32)21-11-9-20(10-12-21)23-19-26(13-16-27-17-14-26)35-24-8-4-3-7-22(23)24/h3-4,7-12,19,27-28,31H,2,5-6,13-18H2,1H3,(H,29,30). The molecule has 0 amide bonds. The fourth-order valence-corrected chi connectivity index (χ4v) is 5.38. The van der Waals surface area contributed by atoms with Gasteiger partial charge in [-0.25, -0.2) is 18.7 Å². The summed E-state index contributed by atoms with van der Waals surface area (Å²) in [7, 11) is -3.11. The number of fused-ring (bicyclic) bond motifs is 1. The van der Waals surface area contributed by atoms with Crippen LogP contribution in [0.5, 0.6) is 5.75 Å². The highest BCUT2D eigenvalue weighted by molar-refractivity contribution is 7.88. The van der Waals surface area contributed by atoms with Gasteiger partial charge < -0.3 is 10.1 Å². The summed E-state index contributed by atoms with van der Waals surface area (Å²) in [5.41, 5.74) is 10.6. The summed E-state index contributed by atoms with van der Waals surface area (Å²) in [5.74, 6) is 1.73. The summed E-state index contributed by atoms with van der Waals surface area (Å²) >= 11 is 0. The number of nitrogens with one attached hydrogen (secondary N) is 4. The van der Waals surface area contributed by atoms with Gasteiger partial charge in [0.1, 0.15) is 11.4 Å². The van der Waals surface area contributed by atoms with Crippen molar-refractivity contribution < 1.29 is 13.2 Å². The van der Waals surface area contributed by atoms with Gasteiger partial charge in [-0.3, -0.25) is 5.43 Å². The molecule has 1 saturated heterocycles. The number of unbranched alkanes of at least 4 members (excludes halogenated alkanes) is 2. The number of para-hydroxylation sites is 1. The van der Waals surface area contributed by atoms with Crippen LogP contribution in [0.4, 0.5) is 0 Å². The van der Waals surface area contributed by atoms with Gasteiger partial charge in [0.2, 0.25) is 10.0 Å². The molecule has 3 aliphatic heterocycles. The maximum absolute atomic E-state index is 11.1. The van der Waals surface area contributed by atoms with Crippen molar-refractivity contribution in [2.24, 2.45) is 5.10 Å². The van der Waals surface area contributed by atoms with Crippen LogP contribution in [0.15, 0.2) is 59.7 Å².